The zero-order valence-electron chi connectivity index (χ0n) is 14.6. The second-order valence-electron chi connectivity index (χ2n) is 5.77. The molecule has 1 aliphatic rings. The molecule has 13 heteroatoms. The average molecular weight is 496 g/mol. The maximum atomic E-state index is 12.6. The molecule has 2 aromatic carbocycles. The third kappa shape index (κ3) is 4.52. The number of rotatable bonds is 5. The molecular formula is C17H10BrN3O8S. The maximum Gasteiger partial charge on any atom is 0.339 e. The fraction of sp³-hybridized carbons (Fsp3) is 0. The van der Waals surface area contributed by atoms with Crippen molar-refractivity contribution in [2.24, 2.45) is 0 Å². The zero-order chi connectivity index (χ0) is 22.1. The van der Waals surface area contributed by atoms with Crippen LogP contribution < -0.4 is 14.8 Å². The molecule has 2 N–H and O–H groups in total. The number of barbiturate groups is 1. The van der Waals surface area contributed by atoms with Crippen molar-refractivity contribution in [3.63, 3.8) is 0 Å². The van der Waals surface area contributed by atoms with E-state index in [-0.39, 0.29) is 21.9 Å². The van der Waals surface area contributed by atoms with Gasteiger partial charge in [-0.3, -0.25) is 30.3 Å². The summed E-state index contributed by atoms with van der Waals surface area (Å²) in [7, 11) is -4.39. The molecule has 1 aliphatic heterocycles. The van der Waals surface area contributed by atoms with Crippen molar-refractivity contribution >= 4 is 55.7 Å². The van der Waals surface area contributed by atoms with Gasteiger partial charge in [0.1, 0.15) is 16.2 Å². The number of benzene rings is 2. The van der Waals surface area contributed by atoms with Gasteiger partial charge in [0.05, 0.1) is 4.92 Å². The first-order chi connectivity index (χ1) is 14.1. The Morgan fingerprint density at radius 2 is 1.60 bits per heavy atom. The van der Waals surface area contributed by atoms with Gasteiger partial charge in [0.25, 0.3) is 17.5 Å². The van der Waals surface area contributed by atoms with E-state index in [1.807, 2.05) is 10.6 Å². The number of hydrogen-bond acceptors (Lipinski definition) is 8. The van der Waals surface area contributed by atoms with Gasteiger partial charge in [-0.15, -0.1) is 0 Å². The van der Waals surface area contributed by atoms with E-state index < -0.39 is 38.5 Å². The summed E-state index contributed by atoms with van der Waals surface area (Å²) < 4.78 is 30.7. The molecule has 2 aromatic rings. The summed E-state index contributed by atoms with van der Waals surface area (Å²) in [6.45, 7) is 0. The van der Waals surface area contributed by atoms with Crippen LogP contribution in [0.25, 0.3) is 6.08 Å². The highest BCUT2D eigenvalue weighted by atomic mass is 79.9. The number of carbonyl (C=O) groups is 3. The summed E-state index contributed by atoms with van der Waals surface area (Å²) >= 11 is 3.19. The van der Waals surface area contributed by atoms with Gasteiger partial charge in [-0.1, -0.05) is 15.9 Å². The van der Waals surface area contributed by atoms with Crippen LogP contribution in [0.1, 0.15) is 5.56 Å². The molecule has 154 valence electrons. The number of hydrogen-bond donors (Lipinski definition) is 2. The Morgan fingerprint density at radius 3 is 2.17 bits per heavy atom. The molecule has 0 atom stereocenters. The van der Waals surface area contributed by atoms with Crippen LogP contribution >= 0.6 is 15.9 Å². The quantitative estimate of drug-likeness (QED) is 0.209. The Bertz CT molecular complexity index is 1200. The average Bonchev–Trinajstić information content (AvgIpc) is 2.66. The minimum Gasteiger partial charge on any atom is -0.378 e. The molecule has 11 nitrogen and oxygen atoms in total. The van der Waals surface area contributed by atoms with Crippen molar-refractivity contribution in [1.82, 2.24) is 10.6 Å². The topological polar surface area (TPSA) is 162 Å². The van der Waals surface area contributed by atoms with Gasteiger partial charge in [0.15, 0.2) is 0 Å². The lowest BCUT2D eigenvalue weighted by atomic mass is 10.1. The molecule has 1 saturated heterocycles. The number of halogens is 1. The summed E-state index contributed by atoms with van der Waals surface area (Å²) in [5.74, 6) is -2.15. The Balaban J connectivity index is 1.98. The number of non-ortho nitro benzene ring substituents is 1. The monoisotopic (exact) mass is 495 g/mol. The molecule has 30 heavy (non-hydrogen) atoms. The molecule has 3 rings (SSSR count). The number of nitrogens with zero attached hydrogens (tertiary/aromatic N) is 1. The number of imide groups is 2. The summed E-state index contributed by atoms with van der Waals surface area (Å²) in [6, 6.07) is 7.20. The van der Waals surface area contributed by atoms with Crippen molar-refractivity contribution in [3.05, 3.63) is 68.2 Å². The van der Waals surface area contributed by atoms with Crippen molar-refractivity contribution in [1.29, 1.82) is 0 Å². The lowest BCUT2D eigenvalue weighted by Crippen LogP contribution is -2.51. The van der Waals surface area contributed by atoms with Crippen molar-refractivity contribution < 1.29 is 31.9 Å². The number of nitrogens with one attached hydrogen (secondary N) is 2. The molecule has 0 bridgehead atoms. The minimum absolute atomic E-state index is 0.0458. The molecule has 1 heterocycles. The Labute approximate surface area is 177 Å². The predicted molar refractivity (Wildman–Crippen MR) is 105 cm³/mol. The highest BCUT2D eigenvalue weighted by Crippen LogP contribution is 2.29. The van der Waals surface area contributed by atoms with E-state index in [0.29, 0.717) is 4.47 Å². The van der Waals surface area contributed by atoms with Gasteiger partial charge in [0, 0.05) is 22.2 Å². The highest BCUT2D eigenvalue weighted by Gasteiger charge is 2.28. The summed E-state index contributed by atoms with van der Waals surface area (Å²) in [4.78, 5) is 44.7. The minimum atomic E-state index is -4.39. The molecular weight excluding hydrogens is 486 g/mol. The SMILES string of the molecule is O=C1NC(=O)C(=Cc2cc(Br)ccc2OS(=O)(=O)c2ccc([N+](=O)[O-])cc2)C(=O)N1. The third-order valence-electron chi connectivity index (χ3n) is 3.75. The second-order valence-corrected chi connectivity index (χ2v) is 8.23. The van der Waals surface area contributed by atoms with Crippen LogP contribution in [0.4, 0.5) is 10.5 Å². The summed E-state index contributed by atoms with van der Waals surface area (Å²) in [5, 5.41) is 14.5. The third-order valence-corrected chi connectivity index (χ3v) is 5.49. The van der Waals surface area contributed by atoms with Crippen LogP contribution in [-0.2, 0) is 19.7 Å². The van der Waals surface area contributed by atoms with Gasteiger partial charge in [-0.2, -0.15) is 8.42 Å². The lowest BCUT2D eigenvalue weighted by molar-refractivity contribution is -0.384. The van der Waals surface area contributed by atoms with E-state index in [1.54, 1.807) is 0 Å². The lowest BCUT2D eigenvalue weighted by Gasteiger charge is -2.15. The molecule has 0 aliphatic carbocycles. The summed E-state index contributed by atoms with van der Waals surface area (Å²) in [5.41, 5.74) is -0.693. The molecule has 0 spiro atoms. The van der Waals surface area contributed by atoms with Crippen molar-refractivity contribution in [3.8, 4) is 5.75 Å². The molecule has 4 amide bonds. The van der Waals surface area contributed by atoms with Crippen LogP contribution in [0, 0.1) is 10.1 Å². The largest absolute Gasteiger partial charge is 0.378 e. The van der Waals surface area contributed by atoms with E-state index in [2.05, 4.69) is 15.9 Å². The Kier molecular flexibility index (Phi) is 5.67. The van der Waals surface area contributed by atoms with Crippen LogP contribution in [0.15, 0.2) is 57.4 Å². The number of nitro benzene ring substituents is 1. The van der Waals surface area contributed by atoms with Crippen LogP contribution in [-0.4, -0.2) is 31.2 Å². The smallest absolute Gasteiger partial charge is 0.339 e. The fourth-order valence-corrected chi connectivity index (χ4v) is 3.70. The highest BCUT2D eigenvalue weighted by molar-refractivity contribution is 9.10. The zero-order valence-corrected chi connectivity index (χ0v) is 17.0. The molecule has 1 fully saturated rings. The predicted octanol–water partition coefficient (Wildman–Crippen LogP) is 1.87. The first-order valence-electron chi connectivity index (χ1n) is 7.94. The van der Waals surface area contributed by atoms with Crippen molar-refractivity contribution in [2.75, 3.05) is 0 Å². The van der Waals surface area contributed by atoms with Gasteiger partial charge in [-0.05, 0) is 36.4 Å². The Hall–Kier alpha value is -3.58. The molecule has 0 aromatic heterocycles. The van der Waals surface area contributed by atoms with Gasteiger partial charge >= 0.3 is 16.1 Å². The first-order valence-corrected chi connectivity index (χ1v) is 10.1. The van der Waals surface area contributed by atoms with Crippen LogP contribution in [0.3, 0.4) is 0 Å². The Morgan fingerprint density at radius 1 is 1.00 bits per heavy atom. The van der Waals surface area contributed by atoms with Gasteiger partial charge in [0.2, 0.25) is 0 Å². The number of carbonyl (C=O) groups excluding carboxylic acids is 3. The standard InChI is InChI=1S/C17H10BrN3O8S/c18-10-1-6-14(9(7-10)8-13-15(22)19-17(24)20-16(13)23)29-30(27,28)12-4-2-11(3-5-12)21(25)26/h1-8H,(H2,19,20,22,23,24). The molecule has 0 unspecified atom stereocenters. The fourth-order valence-electron chi connectivity index (χ4n) is 2.37. The molecule has 0 saturated carbocycles. The van der Waals surface area contributed by atoms with E-state index in [9.17, 15) is 32.9 Å². The number of nitro groups is 1. The first kappa shape index (κ1) is 21.1. The van der Waals surface area contributed by atoms with E-state index in [4.69, 9.17) is 4.18 Å². The van der Waals surface area contributed by atoms with Crippen LogP contribution in [0.2, 0.25) is 0 Å². The summed E-state index contributed by atoms with van der Waals surface area (Å²) in [6.07, 6.45) is 1.06. The van der Waals surface area contributed by atoms with E-state index in [1.165, 1.54) is 18.2 Å². The van der Waals surface area contributed by atoms with Crippen LogP contribution in [0.5, 0.6) is 5.75 Å². The van der Waals surface area contributed by atoms with Gasteiger partial charge < -0.3 is 4.18 Å². The maximum absolute atomic E-state index is 12.6. The van der Waals surface area contributed by atoms with Crippen molar-refractivity contribution in [2.45, 2.75) is 4.90 Å². The second kappa shape index (κ2) is 8.04. The number of amides is 4. The van der Waals surface area contributed by atoms with E-state index in [0.717, 1.165) is 30.3 Å². The molecule has 0 radical (unpaired) electrons. The van der Waals surface area contributed by atoms with E-state index >= 15 is 0 Å². The van der Waals surface area contributed by atoms with Gasteiger partial charge in [-0.25, -0.2) is 4.79 Å². The normalized spacial score (nSPS) is 14.0. The number of urea groups is 1.